The van der Waals surface area contributed by atoms with Crippen LogP contribution in [-0.2, 0) is 0 Å². The molecule has 12 aromatic carbocycles. The average Bonchev–Trinajstić information content (AvgIpc) is 3.89. The Labute approximate surface area is 456 Å². The largest absolute Gasteiger partial charge is 0.311 e. The number of rotatable bonds is 14. The Morgan fingerprint density at radius 1 is 0.192 bits per heavy atom. The lowest BCUT2D eigenvalue weighted by Crippen LogP contribution is -2.12. The summed E-state index contributed by atoms with van der Waals surface area (Å²) >= 11 is 0. The summed E-state index contributed by atoms with van der Waals surface area (Å²) in [5.74, 6) is 0. The molecule has 0 unspecified atom stereocenters. The van der Waals surface area contributed by atoms with Crippen molar-refractivity contribution in [2.75, 3.05) is 14.7 Å². The van der Waals surface area contributed by atoms with Crippen LogP contribution in [0.4, 0.5) is 51.2 Å². The van der Waals surface area contributed by atoms with Crippen LogP contribution in [0.5, 0.6) is 0 Å². The van der Waals surface area contributed by atoms with Gasteiger partial charge in [0.05, 0.1) is 11.0 Å². The van der Waals surface area contributed by atoms with Crippen molar-refractivity contribution in [3.8, 4) is 5.69 Å². The van der Waals surface area contributed by atoms with Gasteiger partial charge in [-0.05, 0) is 167 Å². The molecule has 0 fully saturated rings. The first-order valence-corrected chi connectivity index (χ1v) is 26.6. The van der Waals surface area contributed by atoms with Gasteiger partial charge in [-0.15, -0.1) is 0 Å². The Bertz CT molecular complexity index is 4030. The molecule has 1 heterocycles. The SMILES string of the molecule is c1ccc(/C(=C(/c2ccccc2)c2ccc(N(c3ccccc3)c3ccc(-n4c5ccccc5c5ccccc54)cc3)cc2)c2ccc(N(c3ccccc3)c3ccc(N(c4ccccc4)c4ccccc4)cc3)cc2)cc1. The maximum absolute atomic E-state index is 2.37. The Morgan fingerprint density at radius 2 is 0.410 bits per heavy atom. The minimum absolute atomic E-state index is 1.06. The minimum Gasteiger partial charge on any atom is -0.311 e. The standard InChI is InChI=1S/C74H54N4/c1-7-23-55(24-8-1)73(57-39-43-63(44-40-57)76(61-31-15-5-16-32-61)66-49-47-65(48-50-66)75(59-27-11-3-12-28-59)60-29-13-4-14-30-60)74(56-25-9-2-10-26-56)58-41-45-64(46-42-58)77(62-33-17-6-18-34-62)67-51-53-68(54-52-67)78-71-37-21-19-35-69(71)70-36-20-22-38-72(70)78/h1-54H/b74-73+. The van der Waals surface area contributed by atoms with Crippen LogP contribution in [0.1, 0.15) is 22.3 Å². The Hall–Kier alpha value is -10.4. The highest BCUT2D eigenvalue weighted by molar-refractivity contribution is 6.09. The topological polar surface area (TPSA) is 14.7 Å². The molecular weight excluding hydrogens is 945 g/mol. The van der Waals surface area contributed by atoms with Crippen LogP contribution in [0.25, 0.3) is 38.6 Å². The van der Waals surface area contributed by atoms with Crippen molar-refractivity contribution in [3.63, 3.8) is 0 Å². The monoisotopic (exact) mass is 998 g/mol. The quantitative estimate of drug-likeness (QED) is 0.101. The molecule has 370 valence electrons. The fourth-order valence-corrected chi connectivity index (χ4v) is 11.0. The van der Waals surface area contributed by atoms with E-state index in [9.17, 15) is 0 Å². The van der Waals surface area contributed by atoms with Gasteiger partial charge in [0.2, 0.25) is 0 Å². The molecule has 0 atom stereocenters. The predicted octanol–water partition coefficient (Wildman–Crippen LogP) is 20.2. The van der Waals surface area contributed by atoms with E-state index in [-0.39, 0.29) is 0 Å². The van der Waals surface area contributed by atoms with E-state index in [1.165, 1.54) is 21.8 Å². The summed E-state index contributed by atoms with van der Waals surface area (Å²) < 4.78 is 2.37. The second kappa shape index (κ2) is 21.4. The normalized spacial score (nSPS) is 11.5. The predicted molar refractivity (Wildman–Crippen MR) is 329 cm³/mol. The van der Waals surface area contributed by atoms with E-state index in [2.05, 4.69) is 347 Å². The molecule has 0 spiro atoms. The molecule has 0 saturated carbocycles. The highest BCUT2D eigenvalue weighted by Crippen LogP contribution is 2.43. The third kappa shape index (κ3) is 9.29. The number of hydrogen-bond acceptors (Lipinski definition) is 3. The molecule has 0 aliphatic carbocycles. The number of aromatic nitrogens is 1. The first-order chi connectivity index (χ1) is 38.7. The van der Waals surface area contributed by atoms with Crippen molar-refractivity contribution in [1.29, 1.82) is 0 Å². The van der Waals surface area contributed by atoms with Crippen LogP contribution >= 0.6 is 0 Å². The van der Waals surface area contributed by atoms with E-state index >= 15 is 0 Å². The van der Waals surface area contributed by atoms with Crippen LogP contribution in [0.15, 0.2) is 328 Å². The Morgan fingerprint density at radius 3 is 0.718 bits per heavy atom. The number of nitrogens with zero attached hydrogens (tertiary/aromatic N) is 4. The van der Waals surface area contributed by atoms with E-state index in [1.54, 1.807) is 0 Å². The van der Waals surface area contributed by atoms with Gasteiger partial charge in [-0.2, -0.15) is 0 Å². The molecule has 0 radical (unpaired) electrons. The number of hydrogen-bond donors (Lipinski definition) is 0. The molecule has 13 rings (SSSR count). The summed E-state index contributed by atoms with van der Waals surface area (Å²) in [4.78, 5) is 6.98. The second-order valence-electron chi connectivity index (χ2n) is 19.3. The molecule has 4 nitrogen and oxygen atoms in total. The Kier molecular flexibility index (Phi) is 13.0. The minimum atomic E-state index is 1.06. The third-order valence-electron chi connectivity index (χ3n) is 14.6. The molecule has 0 aliphatic heterocycles. The van der Waals surface area contributed by atoms with Gasteiger partial charge in [0.15, 0.2) is 0 Å². The van der Waals surface area contributed by atoms with E-state index in [0.717, 1.165) is 90.3 Å². The fraction of sp³-hybridized carbons (Fsp3) is 0. The second-order valence-corrected chi connectivity index (χ2v) is 19.3. The van der Waals surface area contributed by atoms with Crippen molar-refractivity contribution >= 4 is 84.1 Å². The molecule has 4 heteroatoms. The van der Waals surface area contributed by atoms with E-state index < -0.39 is 0 Å². The molecular formula is C74H54N4. The van der Waals surface area contributed by atoms with Crippen LogP contribution in [0.2, 0.25) is 0 Å². The lowest BCUT2D eigenvalue weighted by Gasteiger charge is -2.28. The first-order valence-electron chi connectivity index (χ1n) is 26.6. The van der Waals surface area contributed by atoms with Crippen molar-refractivity contribution < 1.29 is 0 Å². The third-order valence-corrected chi connectivity index (χ3v) is 14.6. The van der Waals surface area contributed by atoms with Crippen LogP contribution in [-0.4, -0.2) is 4.57 Å². The van der Waals surface area contributed by atoms with Gasteiger partial charge >= 0.3 is 0 Å². The van der Waals surface area contributed by atoms with Gasteiger partial charge in [0, 0.05) is 67.6 Å². The summed E-state index contributed by atoms with van der Waals surface area (Å²) in [5, 5.41) is 2.50. The first kappa shape index (κ1) is 47.3. The molecule has 13 aromatic rings. The maximum atomic E-state index is 2.37. The van der Waals surface area contributed by atoms with Gasteiger partial charge in [-0.25, -0.2) is 0 Å². The zero-order valence-electron chi connectivity index (χ0n) is 43.0. The zero-order chi connectivity index (χ0) is 52.0. The average molecular weight is 999 g/mol. The maximum Gasteiger partial charge on any atom is 0.0541 e. The van der Waals surface area contributed by atoms with E-state index in [0.29, 0.717) is 0 Å². The Balaban J connectivity index is 0.888. The van der Waals surface area contributed by atoms with Crippen LogP contribution < -0.4 is 14.7 Å². The van der Waals surface area contributed by atoms with E-state index in [1.807, 2.05) is 0 Å². The van der Waals surface area contributed by atoms with Gasteiger partial charge in [-0.1, -0.05) is 194 Å². The number of anilines is 9. The molecule has 0 amide bonds. The van der Waals surface area contributed by atoms with Crippen molar-refractivity contribution in [3.05, 3.63) is 350 Å². The molecule has 1 aromatic heterocycles. The summed E-state index contributed by atoms with van der Waals surface area (Å²) in [6, 6.07) is 117. The fourth-order valence-electron chi connectivity index (χ4n) is 11.0. The van der Waals surface area contributed by atoms with Crippen molar-refractivity contribution in [1.82, 2.24) is 4.57 Å². The smallest absolute Gasteiger partial charge is 0.0541 e. The van der Waals surface area contributed by atoms with Crippen molar-refractivity contribution in [2.45, 2.75) is 0 Å². The van der Waals surface area contributed by atoms with Gasteiger partial charge in [0.25, 0.3) is 0 Å². The van der Waals surface area contributed by atoms with Gasteiger partial charge < -0.3 is 19.3 Å². The van der Waals surface area contributed by atoms with Crippen LogP contribution in [0.3, 0.4) is 0 Å². The summed E-state index contributed by atoms with van der Waals surface area (Å²) in [5.41, 5.74) is 20.0. The molecule has 0 bridgehead atoms. The number of para-hydroxylation sites is 6. The lowest BCUT2D eigenvalue weighted by atomic mass is 9.85. The molecule has 78 heavy (non-hydrogen) atoms. The van der Waals surface area contributed by atoms with Gasteiger partial charge in [-0.3, -0.25) is 0 Å². The number of benzene rings is 12. The van der Waals surface area contributed by atoms with Crippen LogP contribution in [0, 0.1) is 0 Å². The summed E-state index contributed by atoms with van der Waals surface area (Å²) in [7, 11) is 0. The molecule has 0 aliphatic rings. The van der Waals surface area contributed by atoms with E-state index in [4.69, 9.17) is 0 Å². The highest BCUT2D eigenvalue weighted by atomic mass is 15.2. The number of fused-ring (bicyclic) bond motifs is 3. The van der Waals surface area contributed by atoms with Crippen molar-refractivity contribution in [2.24, 2.45) is 0 Å². The lowest BCUT2D eigenvalue weighted by molar-refractivity contribution is 1.17. The van der Waals surface area contributed by atoms with Gasteiger partial charge in [0.1, 0.15) is 0 Å². The molecule has 0 saturated heterocycles. The highest BCUT2D eigenvalue weighted by Gasteiger charge is 2.21. The zero-order valence-corrected chi connectivity index (χ0v) is 43.0. The molecule has 0 N–H and O–H groups in total. The summed E-state index contributed by atoms with van der Waals surface area (Å²) in [6.07, 6.45) is 0. The summed E-state index contributed by atoms with van der Waals surface area (Å²) in [6.45, 7) is 0.